The highest BCUT2D eigenvalue weighted by atomic mass is 32.2. The summed E-state index contributed by atoms with van der Waals surface area (Å²) in [5.41, 5.74) is 10.8. The van der Waals surface area contributed by atoms with E-state index in [2.05, 4.69) is 163 Å². The van der Waals surface area contributed by atoms with Gasteiger partial charge in [0.1, 0.15) is 0 Å². The number of rotatable bonds is 5. The highest BCUT2D eigenvalue weighted by molar-refractivity contribution is 8.14. The van der Waals surface area contributed by atoms with Gasteiger partial charge < -0.3 is 0 Å². The Labute approximate surface area is 255 Å². The molecule has 7 aromatic carbocycles. The van der Waals surface area contributed by atoms with Crippen molar-refractivity contribution in [2.45, 2.75) is 9.79 Å². The molecule has 8 rings (SSSR count). The van der Waals surface area contributed by atoms with Gasteiger partial charge in [-0.25, -0.2) is 0 Å². The topological polar surface area (TPSA) is 0 Å². The first-order chi connectivity index (χ1) is 21.3. The fourth-order valence-electron chi connectivity index (χ4n) is 5.68. The van der Waals surface area contributed by atoms with Crippen molar-refractivity contribution < 1.29 is 0 Å². The Balaban J connectivity index is 0.000000180. The molecule has 0 fully saturated rings. The molecule has 204 valence electrons. The van der Waals surface area contributed by atoms with Gasteiger partial charge in [0.15, 0.2) is 0 Å². The van der Waals surface area contributed by atoms with Gasteiger partial charge in [0.25, 0.3) is 0 Å². The molecular weight excluding hydrogens is 537 g/mol. The van der Waals surface area contributed by atoms with Crippen LogP contribution in [0.1, 0.15) is 5.56 Å². The van der Waals surface area contributed by atoms with Gasteiger partial charge in [0.05, 0.1) is 0 Å². The van der Waals surface area contributed by atoms with Gasteiger partial charge in [-0.2, -0.15) is 0 Å². The zero-order valence-electron chi connectivity index (χ0n) is 23.8. The van der Waals surface area contributed by atoms with Crippen LogP contribution in [0.5, 0.6) is 0 Å². The van der Waals surface area contributed by atoms with Crippen LogP contribution in [0.4, 0.5) is 0 Å². The number of hydrogen-bond donors (Lipinski definition) is 0. The Kier molecular flexibility index (Phi) is 7.42. The van der Waals surface area contributed by atoms with Crippen molar-refractivity contribution in [3.05, 3.63) is 181 Å². The summed E-state index contributed by atoms with van der Waals surface area (Å²) in [6.45, 7) is 0. The monoisotopic (exact) mass is 566 g/mol. The van der Waals surface area contributed by atoms with E-state index in [0.717, 1.165) is 0 Å². The smallest absolute Gasteiger partial charge is 0.0314 e. The molecule has 0 bridgehead atoms. The normalized spacial score (nSPS) is 11.7. The van der Waals surface area contributed by atoms with E-state index in [0.29, 0.717) is 0 Å². The first kappa shape index (κ1) is 26.7. The molecule has 0 N–H and O–H groups in total. The first-order valence-electron chi connectivity index (χ1n) is 14.5. The van der Waals surface area contributed by atoms with Crippen molar-refractivity contribution in [2.75, 3.05) is 0 Å². The molecule has 0 radical (unpaired) electrons. The van der Waals surface area contributed by atoms with Crippen LogP contribution in [0.25, 0.3) is 49.4 Å². The molecule has 0 saturated heterocycles. The van der Waals surface area contributed by atoms with Crippen LogP contribution in [-0.4, -0.2) is 5.87 Å². The predicted octanol–water partition coefficient (Wildman–Crippen LogP) is 11.7. The van der Waals surface area contributed by atoms with Crippen molar-refractivity contribution >= 4 is 43.5 Å². The largest absolute Gasteiger partial charge is 0.131 e. The van der Waals surface area contributed by atoms with Crippen LogP contribution in [0.2, 0.25) is 0 Å². The molecule has 0 unspecified atom stereocenters. The molecule has 7 aromatic rings. The maximum Gasteiger partial charge on any atom is 0.0314 e. The Hall–Kier alpha value is -5.20. The second-order valence-electron chi connectivity index (χ2n) is 10.5. The van der Waals surface area contributed by atoms with E-state index in [4.69, 9.17) is 0 Å². The molecule has 0 aliphatic heterocycles. The zero-order chi connectivity index (χ0) is 29.0. The van der Waals surface area contributed by atoms with Crippen molar-refractivity contribution in [3.63, 3.8) is 0 Å². The summed E-state index contributed by atoms with van der Waals surface area (Å²) in [6.07, 6.45) is 2.04. The highest BCUT2D eigenvalue weighted by Crippen LogP contribution is 2.43. The van der Waals surface area contributed by atoms with Crippen LogP contribution >= 0.6 is 10.5 Å². The summed E-state index contributed by atoms with van der Waals surface area (Å²) in [4.78, 5) is 2.58. The van der Waals surface area contributed by atoms with E-state index in [1.165, 1.54) is 64.7 Å². The van der Waals surface area contributed by atoms with Gasteiger partial charge in [-0.05, 0) is 79.7 Å². The van der Waals surface area contributed by atoms with E-state index >= 15 is 0 Å². The Bertz CT molecular complexity index is 2030. The van der Waals surface area contributed by atoms with Gasteiger partial charge in [-0.15, -0.1) is 16.2 Å². The van der Waals surface area contributed by atoms with Crippen LogP contribution < -0.4 is 0 Å². The molecule has 0 saturated carbocycles. The van der Waals surface area contributed by atoms with Crippen LogP contribution in [-0.2, 0) is 0 Å². The second-order valence-corrected chi connectivity index (χ2v) is 12.2. The fourth-order valence-corrected chi connectivity index (χ4v) is 6.92. The first-order valence-corrected chi connectivity index (χ1v) is 15.9. The third-order valence-corrected chi connectivity index (χ3v) is 9.51. The SMILES string of the molecule is C1=CC=1c1ccc(-c2c3ccccc3c(-c3ccccc3)c3ccccc23)cc1.C=S(c1ccccc1)c1ccccc1. The van der Waals surface area contributed by atoms with E-state index < -0.39 is 0 Å². The molecule has 43 heavy (non-hydrogen) atoms. The van der Waals surface area contributed by atoms with E-state index in [1.807, 2.05) is 18.2 Å². The molecule has 1 aliphatic rings. The van der Waals surface area contributed by atoms with Crippen molar-refractivity contribution in [2.24, 2.45) is 0 Å². The molecular formula is C42H30S. The van der Waals surface area contributed by atoms with Gasteiger partial charge in [-0.1, -0.05) is 145 Å². The van der Waals surface area contributed by atoms with Gasteiger partial charge in [0, 0.05) is 15.4 Å². The zero-order valence-corrected chi connectivity index (χ0v) is 24.6. The molecule has 1 aliphatic carbocycles. The molecule has 0 spiro atoms. The van der Waals surface area contributed by atoms with Gasteiger partial charge >= 0.3 is 0 Å². The summed E-state index contributed by atoms with van der Waals surface area (Å²) in [7, 11) is -0.0468. The Morgan fingerprint density at radius 2 is 0.698 bits per heavy atom. The lowest BCUT2D eigenvalue weighted by Crippen LogP contribution is -1.90. The summed E-state index contributed by atoms with van der Waals surface area (Å²) in [5, 5.41) is 5.18. The maximum absolute atomic E-state index is 4.21. The van der Waals surface area contributed by atoms with Crippen molar-refractivity contribution in [1.82, 2.24) is 0 Å². The lowest BCUT2D eigenvalue weighted by atomic mass is 9.86. The summed E-state index contributed by atoms with van der Waals surface area (Å²) < 4.78 is 0. The molecule has 1 heteroatoms. The van der Waals surface area contributed by atoms with Crippen LogP contribution in [0, 0.1) is 0 Å². The third-order valence-electron chi connectivity index (χ3n) is 7.82. The highest BCUT2D eigenvalue weighted by Gasteiger charge is 2.16. The Morgan fingerprint density at radius 3 is 1.09 bits per heavy atom. The van der Waals surface area contributed by atoms with Crippen molar-refractivity contribution in [1.29, 1.82) is 0 Å². The van der Waals surface area contributed by atoms with Crippen LogP contribution in [0.15, 0.2) is 185 Å². The lowest BCUT2D eigenvalue weighted by Gasteiger charge is -2.17. The minimum Gasteiger partial charge on any atom is -0.131 e. The lowest BCUT2D eigenvalue weighted by molar-refractivity contribution is 1.40. The summed E-state index contributed by atoms with van der Waals surface area (Å²) in [6, 6.07) is 58.0. The number of hydrogen-bond acceptors (Lipinski definition) is 0. The Morgan fingerprint density at radius 1 is 0.372 bits per heavy atom. The standard InChI is InChI=1S/C29H18.C13H12S/c1-2-8-22(9-3-1)28-24-10-4-6-12-26(24)29(27-13-7-5-11-25(27)28)23-18-16-21(17-19-23)20-14-15-20;1-14(12-8-4-2-5-9-12)13-10-6-3-7-11-13/h1-14,16-19H;2-11H,1H2. The predicted molar refractivity (Wildman–Crippen MR) is 188 cm³/mol. The van der Waals surface area contributed by atoms with Crippen LogP contribution in [0.3, 0.4) is 0 Å². The average Bonchev–Trinajstić information content (AvgIpc) is 3.94. The summed E-state index contributed by atoms with van der Waals surface area (Å²) in [5.74, 6) is 4.21. The fraction of sp³-hybridized carbons (Fsp3) is 0. The quantitative estimate of drug-likeness (QED) is 0.110. The number of benzene rings is 7. The van der Waals surface area contributed by atoms with E-state index in [-0.39, 0.29) is 10.5 Å². The van der Waals surface area contributed by atoms with E-state index in [1.54, 1.807) is 0 Å². The average molecular weight is 567 g/mol. The van der Waals surface area contributed by atoms with Crippen molar-refractivity contribution in [3.8, 4) is 22.3 Å². The van der Waals surface area contributed by atoms with Gasteiger partial charge in [-0.3, -0.25) is 0 Å². The van der Waals surface area contributed by atoms with Gasteiger partial charge in [0.2, 0.25) is 0 Å². The van der Waals surface area contributed by atoms with E-state index in [9.17, 15) is 0 Å². The maximum atomic E-state index is 4.21. The second kappa shape index (κ2) is 12.0. The molecule has 0 amide bonds. The minimum atomic E-state index is -0.0468. The molecule has 0 atom stereocenters. The number of allylic oxidation sites excluding steroid dienone is 1. The number of fused-ring (bicyclic) bond motifs is 2. The summed E-state index contributed by atoms with van der Waals surface area (Å²) >= 11 is 0. The molecule has 0 aromatic heterocycles. The minimum absolute atomic E-state index is 0.0468. The third kappa shape index (κ3) is 5.53. The molecule has 0 heterocycles. The molecule has 0 nitrogen and oxygen atoms in total.